The van der Waals surface area contributed by atoms with Crippen molar-refractivity contribution in [2.75, 3.05) is 7.11 Å². The van der Waals surface area contributed by atoms with E-state index in [9.17, 15) is 14.7 Å². The van der Waals surface area contributed by atoms with E-state index in [-0.39, 0.29) is 29.5 Å². The van der Waals surface area contributed by atoms with E-state index in [4.69, 9.17) is 4.74 Å². The third-order valence-electron chi connectivity index (χ3n) is 4.52. The van der Waals surface area contributed by atoms with Crippen LogP contribution in [0, 0.1) is 0 Å². The molecule has 0 amide bonds. The number of ether oxygens (including phenoxy) is 1. The molecular formula is C22H20O4. The van der Waals surface area contributed by atoms with Crippen molar-refractivity contribution in [3.63, 3.8) is 0 Å². The summed E-state index contributed by atoms with van der Waals surface area (Å²) in [5, 5.41) is 11.6. The molecule has 0 fully saturated rings. The van der Waals surface area contributed by atoms with E-state index >= 15 is 0 Å². The summed E-state index contributed by atoms with van der Waals surface area (Å²) in [5.41, 5.74) is 1.03. The van der Waals surface area contributed by atoms with E-state index in [0.717, 1.165) is 10.8 Å². The molecule has 0 aliphatic heterocycles. The predicted molar refractivity (Wildman–Crippen MR) is 101 cm³/mol. The average Bonchev–Trinajstić information content (AvgIpc) is 2.68. The Morgan fingerprint density at radius 3 is 2.50 bits per heavy atom. The maximum absolute atomic E-state index is 13.3. The minimum atomic E-state index is -0.930. The molecule has 0 heterocycles. The Morgan fingerprint density at radius 2 is 1.77 bits per heavy atom. The number of carbonyl (C=O) groups excluding carboxylic acids is 2. The van der Waals surface area contributed by atoms with E-state index in [1.54, 1.807) is 25.1 Å². The second-order valence-corrected chi connectivity index (χ2v) is 6.08. The van der Waals surface area contributed by atoms with Gasteiger partial charge in [0, 0.05) is 12.0 Å². The number of phenolic OH excluding ortho intramolecular Hbond substituents is 1. The van der Waals surface area contributed by atoms with Gasteiger partial charge in [0.25, 0.3) is 0 Å². The minimum Gasteiger partial charge on any atom is -0.504 e. The van der Waals surface area contributed by atoms with Gasteiger partial charge in [-0.15, -0.1) is 0 Å². The third-order valence-corrected chi connectivity index (χ3v) is 4.52. The Bertz CT molecular complexity index is 970. The normalized spacial score (nSPS) is 11.9. The second-order valence-electron chi connectivity index (χ2n) is 6.08. The Morgan fingerprint density at radius 1 is 1.04 bits per heavy atom. The standard InChI is InChI=1S/C22H20O4/c1-3-18(23)21(15-11-12-19(24)20(13-15)26-2)22(25)17-10-6-8-14-7-4-5-9-16(14)17/h4-13,21,24H,3H2,1-2H3. The highest BCUT2D eigenvalue weighted by atomic mass is 16.5. The molecule has 0 aliphatic carbocycles. The number of fused-ring (bicyclic) bond motifs is 1. The lowest BCUT2D eigenvalue weighted by atomic mass is 9.84. The molecule has 0 aliphatic rings. The first kappa shape index (κ1) is 17.7. The van der Waals surface area contributed by atoms with E-state index in [1.807, 2.05) is 36.4 Å². The van der Waals surface area contributed by atoms with Gasteiger partial charge < -0.3 is 9.84 Å². The number of benzene rings is 3. The fraction of sp³-hybridized carbons (Fsp3) is 0.182. The number of methoxy groups -OCH3 is 1. The Hall–Kier alpha value is -3.14. The van der Waals surface area contributed by atoms with Crippen LogP contribution in [0.15, 0.2) is 60.7 Å². The molecule has 3 aromatic carbocycles. The zero-order chi connectivity index (χ0) is 18.7. The molecule has 26 heavy (non-hydrogen) atoms. The van der Waals surface area contributed by atoms with Gasteiger partial charge in [0.2, 0.25) is 0 Å². The van der Waals surface area contributed by atoms with Crippen molar-refractivity contribution in [1.82, 2.24) is 0 Å². The first-order chi connectivity index (χ1) is 12.6. The molecule has 3 aromatic rings. The highest BCUT2D eigenvalue weighted by Gasteiger charge is 2.29. The number of aromatic hydroxyl groups is 1. The Kier molecular flexibility index (Phi) is 5.03. The van der Waals surface area contributed by atoms with Crippen molar-refractivity contribution in [3.05, 3.63) is 71.8 Å². The number of hydrogen-bond acceptors (Lipinski definition) is 4. The summed E-state index contributed by atoms with van der Waals surface area (Å²) in [6.07, 6.45) is 0.240. The number of hydrogen-bond donors (Lipinski definition) is 1. The van der Waals surface area contributed by atoms with Gasteiger partial charge in [0.1, 0.15) is 11.7 Å². The highest BCUT2D eigenvalue weighted by Crippen LogP contribution is 2.33. The quantitative estimate of drug-likeness (QED) is 0.526. The lowest BCUT2D eigenvalue weighted by Crippen LogP contribution is -2.22. The second kappa shape index (κ2) is 7.40. The average molecular weight is 348 g/mol. The molecule has 1 atom stereocenters. The van der Waals surface area contributed by atoms with Crippen LogP contribution < -0.4 is 4.74 Å². The van der Waals surface area contributed by atoms with Crippen LogP contribution in [0.5, 0.6) is 11.5 Å². The number of carbonyl (C=O) groups is 2. The van der Waals surface area contributed by atoms with Gasteiger partial charge in [-0.1, -0.05) is 55.5 Å². The molecule has 1 unspecified atom stereocenters. The van der Waals surface area contributed by atoms with Gasteiger partial charge >= 0.3 is 0 Å². The molecule has 0 saturated heterocycles. The monoisotopic (exact) mass is 348 g/mol. The zero-order valence-electron chi connectivity index (χ0n) is 14.7. The van der Waals surface area contributed by atoms with Gasteiger partial charge in [0.05, 0.1) is 7.11 Å². The largest absolute Gasteiger partial charge is 0.504 e. The van der Waals surface area contributed by atoms with Gasteiger partial charge in [-0.25, -0.2) is 0 Å². The molecule has 3 rings (SSSR count). The van der Waals surface area contributed by atoms with Crippen molar-refractivity contribution in [2.24, 2.45) is 0 Å². The van der Waals surface area contributed by atoms with E-state index in [2.05, 4.69) is 0 Å². The van der Waals surface area contributed by atoms with Crippen LogP contribution in [0.2, 0.25) is 0 Å². The summed E-state index contributed by atoms with van der Waals surface area (Å²) in [6.45, 7) is 1.74. The molecule has 0 radical (unpaired) electrons. The number of Topliss-reactive ketones (excluding diaryl/α,β-unsaturated/α-hetero) is 2. The maximum atomic E-state index is 13.3. The van der Waals surface area contributed by atoms with Crippen molar-refractivity contribution in [2.45, 2.75) is 19.3 Å². The highest BCUT2D eigenvalue weighted by molar-refractivity contribution is 6.19. The van der Waals surface area contributed by atoms with E-state index in [1.165, 1.54) is 13.2 Å². The summed E-state index contributed by atoms with van der Waals surface area (Å²) >= 11 is 0. The van der Waals surface area contributed by atoms with Gasteiger partial charge in [-0.3, -0.25) is 9.59 Å². The van der Waals surface area contributed by atoms with E-state index in [0.29, 0.717) is 11.1 Å². The lowest BCUT2D eigenvalue weighted by molar-refractivity contribution is -0.119. The van der Waals surface area contributed by atoms with Crippen LogP contribution in [0.25, 0.3) is 10.8 Å². The van der Waals surface area contributed by atoms with Crippen molar-refractivity contribution in [1.29, 1.82) is 0 Å². The molecule has 4 heteroatoms. The molecule has 0 saturated carbocycles. The summed E-state index contributed by atoms with van der Waals surface area (Å²) < 4.78 is 5.13. The lowest BCUT2D eigenvalue weighted by Gasteiger charge is -2.17. The summed E-state index contributed by atoms with van der Waals surface area (Å²) in [5.74, 6) is -1.14. The van der Waals surface area contributed by atoms with Crippen LogP contribution >= 0.6 is 0 Å². The molecule has 0 bridgehead atoms. The SMILES string of the molecule is CCC(=O)C(C(=O)c1cccc2ccccc12)c1ccc(O)c(OC)c1. The zero-order valence-corrected chi connectivity index (χ0v) is 14.7. The topological polar surface area (TPSA) is 63.6 Å². The van der Waals surface area contributed by atoms with Crippen LogP contribution in [0.3, 0.4) is 0 Å². The Labute approximate surface area is 152 Å². The number of phenols is 1. The van der Waals surface area contributed by atoms with Crippen LogP contribution in [0.4, 0.5) is 0 Å². The van der Waals surface area contributed by atoms with Crippen LogP contribution in [0.1, 0.15) is 35.2 Å². The minimum absolute atomic E-state index is 0.0310. The predicted octanol–water partition coefficient (Wildman–Crippen LogP) is 4.50. The molecule has 0 spiro atoms. The summed E-state index contributed by atoms with van der Waals surface area (Å²) in [6, 6.07) is 17.7. The summed E-state index contributed by atoms with van der Waals surface area (Å²) in [7, 11) is 1.43. The van der Waals surface area contributed by atoms with Crippen molar-refractivity contribution < 1.29 is 19.4 Å². The molecule has 1 N–H and O–H groups in total. The van der Waals surface area contributed by atoms with Gasteiger partial charge in [0.15, 0.2) is 17.3 Å². The molecule has 0 aromatic heterocycles. The van der Waals surface area contributed by atoms with Crippen molar-refractivity contribution in [3.8, 4) is 11.5 Å². The smallest absolute Gasteiger partial charge is 0.178 e. The first-order valence-corrected chi connectivity index (χ1v) is 8.48. The number of rotatable bonds is 6. The third kappa shape index (κ3) is 3.18. The summed E-state index contributed by atoms with van der Waals surface area (Å²) in [4.78, 5) is 25.9. The number of ketones is 2. The molecular weight excluding hydrogens is 328 g/mol. The van der Waals surface area contributed by atoms with Crippen molar-refractivity contribution >= 4 is 22.3 Å². The molecule has 132 valence electrons. The maximum Gasteiger partial charge on any atom is 0.178 e. The van der Waals surface area contributed by atoms with Crippen LogP contribution in [-0.2, 0) is 4.79 Å². The van der Waals surface area contributed by atoms with Crippen LogP contribution in [-0.4, -0.2) is 23.8 Å². The fourth-order valence-corrected chi connectivity index (χ4v) is 3.16. The first-order valence-electron chi connectivity index (χ1n) is 8.48. The van der Waals surface area contributed by atoms with Gasteiger partial charge in [-0.2, -0.15) is 0 Å². The molecule has 4 nitrogen and oxygen atoms in total. The van der Waals surface area contributed by atoms with Gasteiger partial charge in [-0.05, 0) is 28.5 Å². The Balaban J connectivity index is 2.14. The van der Waals surface area contributed by atoms with E-state index < -0.39 is 5.92 Å². The fourth-order valence-electron chi connectivity index (χ4n) is 3.16.